The van der Waals surface area contributed by atoms with Gasteiger partial charge in [-0.1, -0.05) is 12.1 Å². The Morgan fingerprint density at radius 1 is 1.03 bits per heavy atom. The second-order valence-corrected chi connectivity index (χ2v) is 10.6. The summed E-state index contributed by atoms with van der Waals surface area (Å²) in [6.07, 6.45) is 1.96. The first kappa shape index (κ1) is 24.0. The Bertz CT molecular complexity index is 1480. The summed E-state index contributed by atoms with van der Waals surface area (Å²) >= 11 is 0. The number of nitrogens with one attached hydrogen (secondary N) is 1. The van der Waals surface area contributed by atoms with Crippen molar-refractivity contribution >= 4 is 27.8 Å². The van der Waals surface area contributed by atoms with Crippen molar-refractivity contribution in [2.24, 2.45) is 5.92 Å². The van der Waals surface area contributed by atoms with Gasteiger partial charge in [-0.05, 0) is 70.0 Å². The van der Waals surface area contributed by atoms with Gasteiger partial charge >= 0.3 is 0 Å². The number of aliphatic hydroxyl groups is 1. The number of H-pyrrole nitrogens is 1. The van der Waals surface area contributed by atoms with Gasteiger partial charge in [0.15, 0.2) is 5.82 Å². The van der Waals surface area contributed by atoms with E-state index in [2.05, 4.69) is 14.9 Å². The smallest absolute Gasteiger partial charge is 0.272 e. The lowest BCUT2D eigenvalue weighted by Crippen LogP contribution is -2.41. The van der Waals surface area contributed by atoms with Crippen LogP contribution in [-0.2, 0) is 11.3 Å². The Morgan fingerprint density at radius 2 is 1.78 bits per heavy atom. The molecule has 0 radical (unpaired) electrons. The lowest BCUT2D eigenvalue weighted by molar-refractivity contribution is -0.0137. The van der Waals surface area contributed by atoms with Crippen molar-refractivity contribution in [3.8, 4) is 5.95 Å². The molecule has 0 unspecified atom stereocenters. The number of para-hydroxylation sites is 1. The van der Waals surface area contributed by atoms with Crippen LogP contribution in [0.3, 0.4) is 0 Å². The molecule has 0 bridgehead atoms. The van der Waals surface area contributed by atoms with Crippen LogP contribution >= 0.6 is 0 Å². The third-order valence-corrected chi connectivity index (χ3v) is 7.66. The first-order valence-corrected chi connectivity index (χ1v) is 13.0. The molecule has 2 N–H and O–H groups in total. The number of aromatic nitrogens is 5. The summed E-state index contributed by atoms with van der Waals surface area (Å²) in [5.41, 5.74) is 2.39. The van der Waals surface area contributed by atoms with Crippen molar-refractivity contribution in [2.45, 2.75) is 38.8 Å². The SMILES string of the molecule is CC(C)(O)C1CCN(Cc2ccc3nc(-n4[nH]c(=O)c5ccccc54)nc(N4CCOCC4)c3n2)CC1. The molecule has 10 nitrogen and oxygen atoms in total. The van der Waals surface area contributed by atoms with Crippen LogP contribution in [0.1, 0.15) is 32.4 Å². The number of aromatic amines is 1. The van der Waals surface area contributed by atoms with Gasteiger partial charge in [-0.25, -0.2) is 14.6 Å². The summed E-state index contributed by atoms with van der Waals surface area (Å²) in [5.74, 6) is 1.49. The van der Waals surface area contributed by atoms with Crippen LogP contribution in [0, 0.1) is 5.92 Å². The molecule has 2 fully saturated rings. The largest absolute Gasteiger partial charge is 0.390 e. The number of ether oxygens (including phenoxy) is 1. The normalized spacial score (nSPS) is 18.2. The fourth-order valence-corrected chi connectivity index (χ4v) is 5.48. The molecule has 2 aliphatic rings. The molecule has 1 aromatic carbocycles. The maximum atomic E-state index is 12.5. The number of nitrogens with zero attached hydrogens (tertiary/aromatic N) is 6. The number of benzene rings is 1. The van der Waals surface area contributed by atoms with Crippen LogP contribution < -0.4 is 10.5 Å². The van der Waals surface area contributed by atoms with Crippen molar-refractivity contribution in [1.82, 2.24) is 29.6 Å². The average molecular weight is 504 g/mol. The number of likely N-dealkylation sites (tertiary alicyclic amines) is 1. The van der Waals surface area contributed by atoms with Gasteiger partial charge in [-0.2, -0.15) is 4.98 Å². The van der Waals surface area contributed by atoms with Crippen molar-refractivity contribution in [3.05, 3.63) is 52.4 Å². The van der Waals surface area contributed by atoms with E-state index in [0.717, 1.165) is 60.5 Å². The molecule has 4 aromatic rings. The molecular formula is C27H33N7O3. The van der Waals surface area contributed by atoms with E-state index < -0.39 is 5.60 Å². The summed E-state index contributed by atoms with van der Waals surface area (Å²) in [6.45, 7) is 9.12. The minimum Gasteiger partial charge on any atom is -0.390 e. The van der Waals surface area contributed by atoms with Crippen LogP contribution in [-0.4, -0.2) is 79.7 Å². The van der Waals surface area contributed by atoms with E-state index in [1.54, 1.807) is 10.7 Å². The molecule has 194 valence electrons. The van der Waals surface area contributed by atoms with Crippen LogP contribution in [0.25, 0.3) is 27.9 Å². The first-order valence-electron chi connectivity index (χ1n) is 13.0. The number of pyridine rings is 1. The van der Waals surface area contributed by atoms with E-state index in [-0.39, 0.29) is 5.56 Å². The quantitative estimate of drug-likeness (QED) is 0.427. The molecule has 3 aromatic heterocycles. The van der Waals surface area contributed by atoms with E-state index in [9.17, 15) is 9.90 Å². The molecule has 2 saturated heterocycles. The fourth-order valence-electron chi connectivity index (χ4n) is 5.48. The third kappa shape index (κ3) is 4.72. The minimum absolute atomic E-state index is 0.172. The van der Waals surface area contributed by atoms with Gasteiger partial charge in [0.1, 0.15) is 5.52 Å². The zero-order valence-electron chi connectivity index (χ0n) is 21.4. The molecule has 5 heterocycles. The number of rotatable bonds is 5. The average Bonchev–Trinajstić information content (AvgIpc) is 3.25. The highest BCUT2D eigenvalue weighted by molar-refractivity contribution is 5.87. The van der Waals surface area contributed by atoms with Crippen molar-refractivity contribution in [3.63, 3.8) is 0 Å². The second kappa shape index (κ2) is 9.51. The number of hydrogen-bond acceptors (Lipinski definition) is 8. The number of anilines is 1. The van der Waals surface area contributed by atoms with Gasteiger partial charge in [0.2, 0.25) is 0 Å². The molecule has 0 amide bonds. The maximum Gasteiger partial charge on any atom is 0.272 e. The molecule has 0 spiro atoms. The van der Waals surface area contributed by atoms with E-state index in [1.165, 1.54) is 0 Å². The van der Waals surface area contributed by atoms with Gasteiger partial charge < -0.3 is 14.7 Å². The predicted octanol–water partition coefficient (Wildman–Crippen LogP) is 2.48. The number of hydrogen-bond donors (Lipinski definition) is 2. The minimum atomic E-state index is -0.634. The van der Waals surface area contributed by atoms with Crippen molar-refractivity contribution < 1.29 is 9.84 Å². The van der Waals surface area contributed by atoms with E-state index in [1.807, 2.05) is 44.2 Å². The molecule has 0 saturated carbocycles. The number of morpholine rings is 1. The molecule has 0 aliphatic carbocycles. The highest BCUT2D eigenvalue weighted by Gasteiger charge is 2.30. The molecule has 10 heteroatoms. The van der Waals surface area contributed by atoms with Crippen molar-refractivity contribution in [1.29, 1.82) is 0 Å². The summed E-state index contributed by atoms with van der Waals surface area (Å²) in [7, 11) is 0. The van der Waals surface area contributed by atoms with Gasteiger partial charge in [0, 0.05) is 19.6 Å². The summed E-state index contributed by atoms with van der Waals surface area (Å²) in [4.78, 5) is 31.9. The topological polar surface area (TPSA) is 112 Å². The highest BCUT2D eigenvalue weighted by atomic mass is 16.5. The predicted molar refractivity (Wildman–Crippen MR) is 142 cm³/mol. The Hall–Kier alpha value is -3.34. The lowest BCUT2D eigenvalue weighted by atomic mass is 9.83. The van der Waals surface area contributed by atoms with Gasteiger partial charge in [-0.15, -0.1) is 0 Å². The molecule has 0 atom stereocenters. The molecule has 6 rings (SSSR count). The van der Waals surface area contributed by atoms with Crippen LogP contribution in [0.4, 0.5) is 5.82 Å². The van der Waals surface area contributed by atoms with E-state index in [4.69, 9.17) is 19.7 Å². The summed E-state index contributed by atoms with van der Waals surface area (Å²) < 4.78 is 7.24. The monoisotopic (exact) mass is 503 g/mol. The van der Waals surface area contributed by atoms with E-state index in [0.29, 0.717) is 43.6 Å². The Labute approximate surface area is 214 Å². The van der Waals surface area contributed by atoms with Crippen LogP contribution in [0.15, 0.2) is 41.2 Å². The zero-order chi connectivity index (χ0) is 25.6. The first-order chi connectivity index (χ1) is 17.9. The third-order valence-electron chi connectivity index (χ3n) is 7.66. The second-order valence-electron chi connectivity index (χ2n) is 10.6. The molecule has 37 heavy (non-hydrogen) atoms. The standard InChI is InChI=1S/C27H33N7O3/c1-27(2,36)18-9-11-32(12-10-18)17-19-7-8-21-23(28-19)24(33-13-15-37-16-14-33)30-26(29-21)34-22-6-4-3-5-20(22)25(35)31-34/h3-8,18,36H,9-17H2,1-2H3,(H,31,35). The van der Waals surface area contributed by atoms with Crippen LogP contribution in [0.5, 0.6) is 0 Å². The van der Waals surface area contributed by atoms with Crippen molar-refractivity contribution in [2.75, 3.05) is 44.3 Å². The van der Waals surface area contributed by atoms with Crippen LogP contribution in [0.2, 0.25) is 0 Å². The van der Waals surface area contributed by atoms with Gasteiger partial charge in [0.25, 0.3) is 11.5 Å². The highest BCUT2D eigenvalue weighted by Crippen LogP contribution is 2.29. The Balaban J connectivity index is 1.36. The molecular weight excluding hydrogens is 470 g/mol. The zero-order valence-corrected chi connectivity index (χ0v) is 21.4. The van der Waals surface area contributed by atoms with Gasteiger partial charge in [-0.3, -0.25) is 14.8 Å². The van der Waals surface area contributed by atoms with Gasteiger partial charge in [0.05, 0.1) is 40.9 Å². The lowest BCUT2D eigenvalue weighted by Gasteiger charge is -2.37. The molecule has 2 aliphatic heterocycles. The summed E-state index contributed by atoms with van der Waals surface area (Å²) in [6, 6.07) is 11.5. The summed E-state index contributed by atoms with van der Waals surface area (Å²) in [5, 5.41) is 13.9. The van der Waals surface area contributed by atoms with E-state index >= 15 is 0 Å². The maximum absolute atomic E-state index is 12.5. The Kier molecular flexibility index (Phi) is 6.18. The number of fused-ring (bicyclic) bond motifs is 2. The number of piperidine rings is 1. The fraction of sp³-hybridized carbons (Fsp3) is 0.481. The Morgan fingerprint density at radius 3 is 2.54 bits per heavy atom.